The number of aromatic nitrogens is 1. The first kappa shape index (κ1) is 21.7. The van der Waals surface area contributed by atoms with Crippen LogP contribution in [0.25, 0.3) is 10.9 Å². The van der Waals surface area contributed by atoms with Gasteiger partial charge in [-0.25, -0.2) is 13.1 Å². The van der Waals surface area contributed by atoms with E-state index in [4.69, 9.17) is 9.47 Å². The Kier molecular flexibility index (Phi) is 6.96. The van der Waals surface area contributed by atoms with Crippen molar-refractivity contribution in [2.24, 2.45) is 0 Å². The lowest BCUT2D eigenvalue weighted by atomic mass is 10.1. The predicted octanol–water partition coefficient (Wildman–Crippen LogP) is 2.64. The zero-order valence-electron chi connectivity index (χ0n) is 16.8. The molecule has 30 heavy (non-hydrogen) atoms. The van der Waals surface area contributed by atoms with Crippen molar-refractivity contribution in [3.63, 3.8) is 0 Å². The minimum absolute atomic E-state index is 0.123. The molecule has 0 amide bonds. The second-order valence-corrected chi connectivity index (χ2v) is 8.29. The zero-order chi connectivity index (χ0) is 21.6. The number of hydrogen-bond donors (Lipinski definition) is 2. The van der Waals surface area contributed by atoms with Crippen molar-refractivity contribution in [3.8, 4) is 11.5 Å². The van der Waals surface area contributed by atoms with Gasteiger partial charge in [-0.1, -0.05) is 0 Å². The Hall–Kier alpha value is -3.04. The smallest absolute Gasteiger partial charge is 0.308 e. The van der Waals surface area contributed by atoms with Gasteiger partial charge in [-0.3, -0.25) is 4.79 Å². The number of aromatic amines is 1. The molecule has 0 saturated carbocycles. The summed E-state index contributed by atoms with van der Waals surface area (Å²) in [4.78, 5) is 14.4. The lowest BCUT2D eigenvalue weighted by Crippen LogP contribution is -2.25. The van der Waals surface area contributed by atoms with Gasteiger partial charge in [0.15, 0.2) is 0 Å². The fourth-order valence-corrected chi connectivity index (χ4v) is 4.00. The fourth-order valence-electron chi connectivity index (χ4n) is 2.96. The molecule has 0 spiro atoms. The normalized spacial score (nSPS) is 11.4. The van der Waals surface area contributed by atoms with E-state index < -0.39 is 10.0 Å². The van der Waals surface area contributed by atoms with Crippen LogP contribution in [0.2, 0.25) is 0 Å². The summed E-state index contributed by atoms with van der Waals surface area (Å²) in [5.74, 6) is 0.857. The molecule has 0 atom stereocenters. The van der Waals surface area contributed by atoms with Gasteiger partial charge >= 0.3 is 5.97 Å². The van der Waals surface area contributed by atoms with E-state index in [-0.39, 0.29) is 30.4 Å². The van der Waals surface area contributed by atoms with E-state index in [0.717, 1.165) is 22.2 Å². The van der Waals surface area contributed by atoms with E-state index in [1.165, 1.54) is 19.2 Å². The van der Waals surface area contributed by atoms with Crippen LogP contribution in [-0.2, 0) is 26.0 Å². The van der Waals surface area contributed by atoms with Crippen LogP contribution in [0, 0.1) is 0 Å². The number of hydrogen-bond acceptors (Lipinski definition) is 6. The minimum atomic E-state index is -3.65. The average molecular weight is 432 g/mol. The van der Waals surface area contributed by atoms with Gasteiger partial charge in [-0.2, -0.15) is 0 Å². The number of methoxy groups -OCH3 is 2. The molecule has 0 aliphatic heterocycles. The molecule has 2 aromatic carbocycles. The Morgan fingerprint density at radius 3 is 2.50 bits per heavy atom. The first-order valence-electron chi connectivity index (χ1n) is 9.36. The summed E-state index contributed by atoms with van der Waals surface area (Å²) in [5.41, 5.74) is 1.97. The van der Waals surface area contributed by atoms with Crippen LogP contribution in [0.5, 0.6) is 11.5 Å². The largest absolute Gasteiger partial charge is 0.497 e. The highest BCUT2D eigenvalue weighted by Crippen LogP contribution is 2.24. The summed E-state index contributed by atoms with van der Waals surface area (Å²) in [6.07, 6.45) is 2.53. The number of carbonyl (C=O) groups excluding carboxylic acids is 1. The molecule has 8 nitrogen and oxygen atoms in total. The highest BCUT2D eigenvalue weighted by Gasteiger charge is 2.14. The second kappa shape index (κ2) is 9.64. The molecular weight excluding hydrogens is 408 g/mol. The number of ether oxygens (including phenoxy) is 3. The van der Waals surface area contributed by atoms with Crippen LogP contribution < -0.4 is 14.2 Å². The molecule has 2 N–H and O–H groups in total. The number of rotatable bonds is 10. The molecule has 0 aliphatic rings. The number of fused-ring (bicyclic) bond motifs is 1. The fraction of sp³-hybridized carbons (Fsp3) is 0.286. The Morgan fingerprint density at radius 2 is 1.80 bits per heavy atom. The summed E-state index contributed by atoms with van der Waals surface area (Å²) in [7, 11) is -0.731. The average Bonchev–Trinajstić information content (AvgIpc) is 3.16. The molecule has 0 fully saturated rings. The maximum Gasteiger partial charge on any atom is 0.308 e. The van der Waals surface area contributed by atoms with Crippen molar-refractivity contribution >= 4 is 26.9 Å². The van der Waals surface area contributed by atoms with E-state index in [1.807, 2.05) is 24.4 Å². The standard InChI is InChI=1S/C21H24N2O6S/c1-27-17-5-8-20-19(13-17)15(14-22-20)9-11-23-30(25,26)18-6-3-16(4-7-18)29-12-10-21(24)28-2/h3-8,13-14,22-23H,9-12H2,1-2H3. The topological polar surface area (TPSA) is 107 Å². The van der Waals surface area contributed by atoms with Gasteiger partial charge in [0, 0.05) is 23.6 Å². The Morgan fingerprint density at radius 1 is 1.07 bits per heavy atom. The van der Waals surface area contributed by atoms with Gasteiger partial charge in [0.1, 0.15) is 11.5 Å². The van der Waals surface area contributed by atoms with Crippen molar-refractivity contribution in [2.45, 2.75) is 17.7 Å². The number of esters is 1. The molecule has 1 heterocycles. The monoisotopic (exact) mass is 432 g/mol. The van der Waals surface area contributed by atoms with Crippen molar-refractivity contribution in [1.82, 2.24) is 9.71 Å². The van der Waals surface area contributed by atoms with E-state index >= 15 is 0 Å². The molecular formula is C21H24N2O6S. The summed E-state index contributed by atoms with van der Waals surface area (Å²) < 4.78 is 42.9. The molecule has 3 aromatic rings. The lowest BCUT2D eigenvalue weighted by molar-refractivity contribution is -0.141. The maximum absolute atomic E-state index is 12.5. The minimum Gasteiger partial charge on any atom is -0.497 e. The third-order valence-electron chi connectivity index (χ3n) is 4.60. The van der Waals surface area contributed by atoms with Crippen molar-refractivity contribution < 1.29 is 27.4 Å². The number of carbonyl (C=O) groups is 1. The van der Waals surface area contributed by atoms with Gasteiger partial charge in [0.25, 0.3) is 0 Å². The first-order chi connectivity index (χ1) is 14.4. The van der Waals surface area contributed by atoms with Crippen LogP contribution in [0.3, 0.4) is 0 Å². The highest BCUT2D eigenvalue weighted by atomic mass is 32.2. The van der Waals surface area contributed by atoms with Crippen LogP contribution in [0.4, 0.5) is 0 Å². The molecule has 0 radical (unpaired) electrons. The molecule has 3 rings (SSSR count). The van der Waals surface area contributed by atoms with Crippen LogP contribution >= 0.6 is 0 Å². The lowest BCUT2D eigenvalue weighted by Gasteiger charge is -2.09. The summed E-state index contributed by atoms with van der Waals surface area (Å²) in [6, 6.07) is 11.8. The number of sulfonamides is 1. The molecule has 0 aliphatic carbocycles. The second-order valence-electron chi connectivity index (χ2n) is 6.52. The third kappa shape index (κ3) is 5.31. The van der Waals surface area contributed by atoms with Gasteiger partial charge in [-0.05, 0) is 54.4 Å². The van der Waals surface area contributed by atoms with E-state index in [1.54, 1.807) is 19.2 Å². The highest BCUT2D eigenvalue weighted by molar-refractivity contribution is 7.89. The van der Waals surface area contributed by atoms with Crippen molar-refractivity contribution in [3.05, 3.63) is 54.2 Å². The summed E-state index contributed by atoms with van der Waals surface area (Å²) in [6.45, 7) is 0.413. The molecule has 160 valence electrons. The summed E-state index contributed by atoms with van der Waals surface area (Å²) >= 11 is 0. The molecule has 0 saturated heterocycles. The molecule has 0 unspecified atom stereocenters. The van der Waals surface area contributed by atoms with Crippen LogP contribution in [0.1, 0.15) is 12.0 Å². The van der Waals surface area contributed by atoms with Gasteiger partial charge < -0.3 is 19.2 Å². The Labute approximate surface area is 175 Å². The zero-order valence-corrected chi connectivity index (χ0v) is 17.6. The van der Waals surface area contributed by atoms with Crippen LogP contribution in [0.15, 0.2) is 53.6 Å². The van der Waals surface area contributed by atoms with Crippen molar-refractivity contribution in [2.75, 3.05) is 27.4 Å². The Balaban J connectivity index is 1.57. The number of H-pyrrole nitrogens is 1. The van der Waals surface area contributed by atoms with E-state index in [9.17, 15) is 13.2 Å². The third-order valence-corrected chi connectivity index (χ3v) is 6.07. The summed E-state index contributed by atoms with van der Waals surface area (Å²) in [5, 5.41) is 1.00. The van der Waals surface area contributed by atoms with Gasteiger partial charge in [-0.15, -0.1) is 0 Å². The number of nitrogens with one attached hydrogen (secondary N) is 2. The number of benzene rings is 2. The van der Waals surface area contributed by atoms with E-state index in [0.29, 0.717) is 12.2 Å². The first-order valence-corrected chi connectivity index (χ1v) is 10.8. The van der Waals surface area contributed by atoms with Gasteiger partial charge in [0.2, 0.25) is 10.0 Å². The molecule has 1 aromatic heterocycles. The predicted molar refractivity (Wildman–Crippen MR) is 112 cm³/mol. The van der Waals surface area contributed by atoms with Gasteiger partial charge in [0.05, 0.1) is 32.1 Å². The molecule has 9 heteroatoms. The van der Waals surface area contributed by atoms with Crippen molar-refractivity contribution in [1.29, 1.82) is 0 Å². The SMILES string of the molecule is COC(=O)CCOc1ccc(S(=O)(=O)NCCc2c[nH]c3ccc(OC)cc23)cc1. The molecule has 0 bridgehead atoms. The Bertz CT molecular complexity index is 1110. The van der Waals surface area contributed by atoms with Crippen LogP contribution in [-0.4, -0.2) is 46.7 Å². The maximum atomic E-state index is 12.5. The van der Waals surface area contributed by atoms with E-state index in [2.05, 4.69) is 14.4 Å². The quantitative estimate of drug-likeness (QED) is 0.477.